The van der Waals surface area contributed by atoms with Crippen LogP contribution in [0.15, 0.2) is 29.9 Å². The van der Waals surface area contributed by atoms with E-state index >= 15 is 0 Å². The molecule has 5 heteroatoms. The van der Waals surface area contributed by atoms with Crippen LogP contribution in [0.3, 0.4) is 0 Å². The Kier molecular flexibility index (Phi) is 5.38. The van der Waals surface area contributed by atoms with Gasteiger partial charge in [0.05, 0.1) is 12.3 Å². The third-order valence-electron chi connectivity index (χ3n) is 2.61. The topological polar surface area (TPSA) is 38.6 Å². The predicted molar refractivity (Wildman–Crippen MR) is 75.3 cm³/mol. The van der Waals surface area contributed by atoms with Gasteiger partial charge in [-0.15, -0.1) is 11.3 Å². The standard InChI is InChI=1S/C13H19N3OS/c1-17-9-7-14-6-4-2-3-5-12-11-16-8-10-18-13(16)15-12/h2-3,8,10-11,14H,4-7,9H2,1H3/b3-2+. The van der Waals surface area contributed by atoms with Gasteiger partial charge in [0.15, 0.2) is 4.96 Å². The van der Waals surface area contributed by atoms with Crippen molar-refractivity contribution in [2.24, 2.45) is 0 Å². The van der Waals surface area contributed by atoms with Crippen molar-refractivity contribution < 1.29 is 4.74 Å². The molecule has 1 N–H and O–H groups in total. The monoisotopic (exact) mass is 265 g/mol. The fourth-order valence-electron chi connectivity index (χ4n) is 1.68. The fraction of sp³-hybridized carbons (Fsp3) is 0.462. The first-order valence-electron chi connectivity index (χ1n) is 6.16. The molecule has 2 rings (SSSR count). The Hall–Kier alpha value is -1.17. The predicted octanol–water partition coefficient (Wildman–Crippen LogP) is 2.12. The molecule has 98 valence electrons. The molecule has 0 bridgehead atoms. The quantitative estimate of drug-likeness (QED) is 0.587. The maximum absolute atomic E-state index is 4.96. The van der Waals surface area contributed by atoms with Crippen LogP contribution >= 0.6 is 11.3 Å². The van der Waals surface area contributed by atoms with Crippen LogP contribution in [0.5, 0.6) is 0 Å². The Morgan fingerprint density at radius 2 is 2.39 bits per heavy atom. The van der Waals surface area contributed by atoms with Crippen LogP contribution in [0, 0.1) is 0 Å². The molecule has 0 aliphatic carbocycles. The summed E-state index contributed by atoms with van der Waals surface area (Å²) in [6.45, 7) is 2.69. The Morgan fingerprint density at radius 1 is 1.44 bits per heavy atom. The molecule has 2 aromatic rings. The first-order chi connectivity index (χ1) is 8.90. The normalized spacial score (nSPS) is 11.8. The van der Waals surface area contributed by atoms with Crippen molar-refractivity contribution in [3.63, 3.8) is 0 Å². The van der Waals surface area contributed by atoms with Crippen LogP contribution in [-0.2, 0) is 11.2 Å². The van der Waals surface area contributed by atoms with E-state index in [4.69, 9.17) is 4.74 Å². The molecule has 0 saturated carbocycles. The number of hydrogen-bond donors (Lipinski definition) is 1. The summed E-state index contributed by atoms with van der Waals surface area (Å²) in [6.07, 6.45) is 10.5. The average molecular weight is 265 g/mol. The number of allylic oxidation sites excluding steroid dienone is 1. The lowest BCUT2D eigenvalue weighted by Gasteiger charge is -2.00. The molecule has 0 unspecified atom stereocenters. The summed E-state index contributed by atoms with van der Waals surface area (Å²) in [7, 11) is 1.72. The Morgan fingerprint density at radius 3 is 3.22 bits per heavy atom. The lowest BCUT2D eigenvalue weighted by Crippen LogP contribution is -2.19. The number of hydrogen-bond acceptors (Lipinski definition) is 4. The number of thiazole rings is 1. The number of rotatable bonds is 8. The fourth-order valence-corrected chi connectivity index (χ4v) is 2.40. The van der Waals surface area contributed by atoms with Gasteiger partial charge in [-0.2, -0.15) is 0 Å². The van der Waals surface area contributed by atoms with E-state index in [1.807, 2.05) is 11.6 Å². The van der Waals surface area contributed by atoms with Gasteiger partial charge >= 0.3 is 0 Å². The van der Waals surface area contributed by atoms with Gasteiger partial charge in [-0.1, -0.05) is 12.2 Å². The summed E-state index contributed by atoms with van der Waals surface area (Å²) < 4.78 is 7.03. The molecular weight excluding hydrogens is 246 g/mol. The van der Waals surface area contributed by atoms with Crippen molar-refractivity contribution in [2.75, 3.05) is 26.8 Å². The van der Waals surface area contributed by atoms with Crippen LogP contribution in [0.25, 0.3) is 4.96 Å². The van der Waals surface area contributed by atoms with Crippen LogP contribution in [0.2, 0.25) is 0 Å². The second kappa shape index (κ2) is 7.31. The second-order valence-corrected chi connectivity index (χ2v) is 4.91. The van der Waals surface area contributed by atoms with Gasteiger partial charge in [-0.25, -0.2) is 4.98 Å². The highest BCUT2D eigenvalue weighted by Crippen LogP contribution is 2.11. The summed E-state index contributed by atoms with van der Waals surface area (Å²) in [6, 6.07) is 0. The molecular formula is C13H19N3OS. The van der Waals surface area contributed by atoms with Crippen molar-refractivity contribution in [1.29, 1.82) is 0 Å². The Labute approximate surface area is 111 Å². The van der Waals surface area contributed by atoms with Crippen LogP contribution < -0.4 is 5.32 Å². The highest BCUT2D eigenvalue weighted by atomic mass is 32.1. The van der Waals surface area contributed by atoms with E-state index in [0.717, 1.165) is 43.2 Å². The van der Waals surface area contributed by atoms with Crippen molar-refractivity contribution in [1.82, 2.24) is 14.7 Å². The molecule has 0 fully saturated rings. The van der Waals surface area contributed by atoms with Gasteiger partial charge in [-0.05, 0) is 13.0 Å². The second-order valence-electron chi connectivity index (χ2n) is 4.03. The van der Waals surface area contributed by atoms with Gasteiger partial charge < -0.3 is 10.1 Å². The number of ether oxygens (including phenoxy) is 1. The van der Waals surface area contributed by atoms with Gasteiger partial charge in [0.25, 0.3) is 0 Å². The summed E-state index contributed by atoms with van der Waals surface area (Å²) >= 11 is 1.67. The van der Waals surface area contributed by atoms with E-state index in [2.05, 4.69) is 33.1 Å². The van der Waals surface area contributed by atoms with Crippen LogP contribution in [0.1, 0.15) is 12.1 Å². The molecule has 0 aromatic carbocycles. The van der Waals surface area contributed by atoms with Crippen molar-refractivity contribution >= 4 is 16.3 Å². The molecule has 18 heavy (non-hydrogen) atoms. The van der Waals surface area contributed by atoms with E-state index in [-0.39, 0.29) is 0 Å². The molecule has 0 amide bonds. The Balaban J connectivity index is 1.63. The zero-order valence-electron chi connectivity index (χ0n) is 10.6. The van der Waals surface area contributed by atoms with Crippen LogP contribution in [0.4, 0.5) is 0 Å². The number of methoxy groups -OCH3 is 1. The third-order valence-corrected chi connectivity index (χ3v) is 3.38. The molecule has 4 nitrogen and oxygen atoms in total. The molecule has 0 saturated heterocycles. The molecule has 0 aliphatic rings. The molecule has 2 aromatic heterocycles. The third kappa shape index (κ3) is 3.94. The number of nitrogens with zero attached hydrogens (tertiary/aromatic N) is 2. The summed E-state index contributed by atoms with van der Waals surface area (Å²) in [5, 5.41) is 5.36. The SMILES string of the molecule is COCCNCC/C=C/Cc1cn2ccsc2n1. The lowest BCUT2D eigenvalue weighted by molar-refractivity contribution is 0.199. The summed E-state index contributed by atoms with van der Waals surface area (Å²) in [4.78, 5) is 5.60. The minimum atomic E-state index is 0.773. The zero-order valence-corrected chi connectivity index (χ0v) is 11.4. The highest BCUT2D eigenvalue weighted by Gasteiger charge is 1.99. The maximum atomic E-state index is 4.96. The molecule has 0 aliphatic heterocycles. The molecule has 0 atom stereocenters. The summed E-state index contributed by atoms with van der Waals surface area (Å²) in [5.74, 6) is 0. The number of aromatic nitrogens is 2. The van der Waals surface area contributed by atoms with E-state index in [1.54, 1.807) is 18.4 Å². The molecule has 0 spiro atoms. The lowest BCUT2D eigenvalue weighted by atomic mass is 10.3. The first kappa shape index (κ1) is 13.3. The Bertz CT molecular complexity index is 461. The number of imidazole rings is 1. The van der Waals surface area contributed by atoms with E-state index in [1.165, 1.54) is 0 Å². The largest absolute Gasteiger partial charge is 0.383 e. The average Bonchev–Trinajstić information content (AvgIpc) is 2.93. The van der Waals surface area contributed by atoms with E-state index in [9.17, 15) is 0 Å². The number of fused-ring (bicyclic) bond motifs is 1. The van der Waals surface area contributed by atoms with Crippen molar-refractivity contribution in [3.05, 3.63) is 35.6 Å². The first-order valence-corrected chi connectivity index (χ1v) is 7.04. The highest BCUT2D eigenvalue weighted by molar-refractivity contribution is 7.15. The van der Waals surface area contributed by atoms with Crippen molar-refractivity contribution in [2.45, 2.75) is 12.8 Å². The zero-order chi connectivity index (χ0) is 12.6. The summed E-state index contributed by atoms with van der Waals surface area (Å²) in [5.41, 5.74) is 1.13. The van der Waals surface area contributed by atoms with Gasteiger partial charge in [0, 0.05) is 37.8 Å². The van der Waals surface area contributed by atoms with E-state index < -0.39 is 0 Å². The van der Waals surface area contributed by atoms with E-state index in [0.29, 0.717) is 0 Å². The molecule has 2 heterocycles. The number of nitrogens with one attached hydrogen (secondary N) is 1. The van der Waals surface area contributed by atoms with Crippen LogP contribution in [-0.4, -0.2) is 36.2 Å². The minimum Gasteiger partial charge on any atom is -0.383 e. The van der Waals surface area contributed by atoms with Gasteiger partial charge in [0.2, 0.25) is 0 Å². The minimum absolute atomic E-state index is 0.773. The smallest absolute Gasteiger partial charge is 0.193 e. The molecule has 0 radical (unpaired) electrons. The maximum Gasteiger partial charge on any atom is 0.193 e. The van der Waals surface area contributed by atoms with Gasteiger partial charge in [-0.3, -0.25) is 4.40 Å². The van der Waals surface area contributed by atoms with Crippen molar-refractivity contribution in [3.8, 4) is 0 Å². The van der Waals surface area contributed by atoms with Gasteiger partial charge in [0.1, 0.15) is 0 Å².